The maximum atomic E-state index is 11.8. The van der Waals surface area contributed by atoms with E-state index in [0.29, 0.717) is 24.3 Å². The van der Waals surface area contributed by atoms with Gasteiger partial charge in [-0.15, -0.1) is 0 Å². The summed E-state index contributed by atoms with van der Waals surface area (Å²) >= 11 is 0. The lowest BCUT2D eigenvalue weighted by Crippen LogP contribution is -2.28. The van der Waals surface area contributed by atoms with Gasteiger partial charge in [-0.3, -0.25) is 10.4 Å². The van der Waals surface area contributed by atoms with Gasteiger partial charge in [0.1, 0.15) is 11.4 Å². The van der Waals surface area contributed by atoms with Crippen LogP contribution in [0.25, 0.3) is 0 Å². The molecule has 0 radical (unpaired) electrons. The summed E-state index contributed by atoms with van der Waals surface area (Å²) < 4.78 is 5.24. The normalized spacial score (nSPS) is 13.2. The molecule has 0 spiro atoms. The predicted octanol–water partition coefficient (Wildman–Crippen LogP) is 3.67. The van der Waals surface area contributed by atoms with Crippen molar-refractivity contribution in [3.63, 3.8) is 0 Å². The Morgan fingerprint density at radius 3 is 2.59 bits per heavy atom. The number of rotatable bonds is 7. The Morgan fingerprint density at radius 1 is 1.32 bits per heavy atom. The van der Waals surface area contributed by atoms with Crippen molar-refractivity contribution in [2.24, 2.45) is 5.92 Å². The highest BCUT2D eigenvalue weighted by Crippen LogP contribution is 2.14. The molecule has 0 aromatic carbocycles. The van der Waals surface area contributed by atoms with Crippen LogP contribution in [0.4, 0.5) is 10.6 Å². The van der Waals surface area contributed by atoms with Crippen molar-refractivity contribution in [2.45, 2.75) is 72.6 Å². The summed E-state index contributed by atoms with van der Waals surface area (Å²) in [5.74, 6) is 1.29. The fourth-order valence-corrected chi connectivity index (χ4v) is 1.93. The SMILES string of the molecule is CC(C)CCC(C)NCc1cn[nH]c1NC(=O)OC(C)(C)C. The molecule has 1 amide bonds. The standard InChI is InChI=1S/C16H30N4O2/c1-11(2)7-8-12(3)17-9-13-10-18-20-14(13)19-15(21)22-16(4,5)6/h10-12,17H,7-9H2,1-6H3,(H2,18,19,20,21). The summed E-state index contributed by atoms with van der Waals surface area (Å²) in [4.78, 5) is 11.8. The molecule has 0 saturated heterocycles. The van der Waals surface area contributed by atoms with Crippen LogP contribution in [0, 0.1) is 5.92 Å². The molecule has 1 atom stereocenters. The lowest BCUT2D eigenvalue weighted by molar-refractivity contribution is 0.0635. The van der Waals surface area contributed by atoms with Gasteiger partial charge in [-0.1, -0.05) is 13.8 Å². The van der Waals surface area contributed by atoms with Gasteiger partial charge in [-0.05, 0) is 46.5 Å². The van der Waals surface area contributed by atoms with E-state index < -0.39 is 11.7 Å². The Bertz CT molecular complexity index is 463. The number of aromatic amines is 1. The molecule has 1 unspecified atom stereocenters. The monoisotopic (exact) mass is 310 g/mol. The zero-order valence-corrected chi connectivity index (χ0v) is 14.6. The van der Waals surface area contributed by atoms with Gasteiger partial charge >= 0.3 is 6.09 Å². The Kier molecular flexibility index (Phi) is 6.87. The van der Waals surface area contributed by atoms with E-state index in [1.54, 1.807) is 6.20 Å². The van der Waals surface area contributed by atoms with Crippen molar-refractivity contribution < 1.29 is 9.53 Å². The number of ether oxygens (including phenoxy) is 1. The average molecular weight is 310 g/mol. The third kappa shape index (κ3) is 7.45. The van der Waals surface area contributed by atoms with Crippen LogP contribution < -0.4 is 10.6 Å². The van der Waals surface area contributed by atoms with Crippen LogP contribution in [0.2, 0.25) is 0 Å². The van der Waals surface area contributed by atoms with Crippen LogP contribution in [0.5, 0.6) is 0 Å². The Morgan fingerprint density at radius 2 is 2.00 bits per heavy atom. The summed E-state index contributed by atoms with van der Waals surface area (Å²) in [6.07, 6.45) is 3.56. The first-order valence-corrected chi connectivity index (χ1v) is 7.93. The Hall–Kier alpha value is -1.56. The smallest absolute Gasteiger partial charge is 0.413 e. The number of carbonyl (C=O) groups is 1. The number of amides is 1. The maximum Gasteiger partial charge on any atom is 0.413 e. The van der Waals surface area contributed by atoms with Crippen molar-refractivity contribution in [1.82, 2.24) is 15.5 Å². The van der Waals surface area contributed by atoms with E-state index >= 15 is 0 Å². The first kappa shape index (κ1) is 18.5. The minimum absolute atomic E-state index is 0.423. The molecule has 1 aromatic heterocycles. The first-order valence-electron chi connectivity index (χ1n) is 7.93. The molecule has 0 saturated carbocycles. The molecule has 22 heavy (non-hydrogen) atoms. The molecule has 0 aliphatic carbocycles. The quantitative estimate of drug-likeness (QED) is 0.718. The largest absolute Gasteiger partial charge is 0.444 e. The number of aromatic nitrogens is 2. The van der Waals surface area contributed by atoms with Crippen molar-refractivity contribution in [1.29, 1.82) is 0 Å². The molecule has 1 heterocycles. The van der Waals surface area contributed by atoms with E-state index in [1.807, 2.05) is 20.8 Å². The van der Waals surface area contributed by atoms with Gasteiger partial charge in [0.2, 0.25) is 0 Å². The summed E-state index contributed by atoms with van der Waals surface area (Å²) in [5, 5.41) is 12.9. The van der Waals surface area contributed by atoms with Crippen molar-refractivity contribution in [3.05, 3.63) is 11.8 Å². The number of carbonyl (C=O) groups excluding carboxylic acids is 1. The van der Waals surface area contributed by atoms with Crippen LogP contribution in [0.15, 0.2) is 6.20 Å². The van der Waals surface area contributed by atoms with E-state index in [0.717, 1.165) is 12.0 Å². The summed E-state index contributed by atoms with van der Waals surface area (Å²) in [6, 6.07) is 0.423. The number of nitrogens with one attached hydrogen (secondary N) is 3. The van der Waals surface area contributed by atoms with Crippen LogP contribution in [0.3, 0.4) is 0 Å². The Balaban J connectivity index is 2.46. The van der Waals surface area contributed by atoms with E-state index in [4.69, 9.17) is 4.74 Å². The molecular weight excluding hydrogens is 280 g/mol. The molecule has 126 valence electrons. The highest BCUT2D eigenvalue weighted by atomic mass is 16.6. The molecule has 0 aliphatic rings. The molecule has 0 fully saturated rings. The van der Waals surface area contributed by atoms with Gasteiger partial charge in [0, 0.05) is 18.2 Å². The minimum atomic E-state index is -0.520. The second-order valence-corrected chi connectivity index (χ2v) is 7.15. The lowest BCUT2D eigenvalue weighted by Gasteiger charge is -2.19. The predicted molar refractivity (Wildman–Crippen MR) is 88.8 cm³/mol. The van der Waals surface area contributed by atoms with Gasteiger partial charge in [-0.25, -0.2) is 4.79 Å². The zero-order valence-electron chi connectivity index (χ0n) is 14.6. The van der Waals surface area contributed by atoms with Crippen molar-refractivity contribution in [2.75, 3.05) is 5.32 Å². The molecule has 3 N–H and O–H groups in total. The number of hydrogen-bond acceptors (Lipinski definition) is 4. The summed E-state index contributed by atoms with van der Waals surface area (Å²) in [7, 11) is 0. The lowest BCUT2D eigenvalue weighted by atomic mass is 10.0. The number of anilines is 1. The average Bonchev–Trinajstić information content (AvgIpc) is 2.78. The van der Waals surface area contributed by atoms with Gasteiger partial charge in [0.15, 0.2) is 0 Å². The van der Waals surface area contributed by atoms with E-state index in [2.05, 4.69) is 41.6 Å². The van der Waals surface area contributed by atoms with Crippen LogP contribution in [-0.4, -0.2) is 27.9 Å². The van der Waals surface area contributed by atoms with Gasteiger partial charge in [-0.2, -0.15) is 5.10 Å². The zero-order chi connectivity index (χ0) is 16.8. The van der Waals surface area contributed by atoms with Crippen LogP contribution in [-0.2, 0) is 11.3 Å². The first-order chi connectivity index (χ1) is 10.2. The van der Waals surface area contributed by atoms with E-state index in [-0.39, 0.29) is 0 Å². The molecule has 1 aromatic rings. The number of H-pyrrole nitrogens is 1. The second kappa shape index (κ2) is 8.17. The Labute approximate surface area is 133 Å². The van der Waals surface area contributed by atoms with Crippen molar-refractivity contribution in [3.8, 4) is 0 Å². The summed E-state index contributed by atoms with van der Waals surface area (Å²) in [6.45, 7) is 12.8. The third-order valence-electron chi connectivity index (χ3n) is 3.16. The highest BCUT2D eigenvalue weighted by Gasteiger charge is 2.18. The second-order valence-electron chi connectivity index (χ2n) is 7.15. The third-order valence-corrected chi connectivity index (χ3v) is 3.16. The number of hydrogen-bond donors (Lipinski definition) is 3. The van der Waals surface area contributed by atoms with Crippen LogP contribution >= 0.6 is 0 Å². The van der Waals surface area contributed by atoms with Crippen LogP contribution in [0.1, 0.15) is 59.9 Å². The maximum absolute atomic E-state index is 11.8. The molecule has 6 nitrogen and oxygen atoms in total. The molecule has 0 bridgehead atoms. The fourth-order valence-electron chi connectivity index (χ4n) is 1.93. The molecular formula is C16H30N4O2. The molecule has 0 aliphatic heterocycles. The fraction of sp³-hybridized carbons (Fsp3) is 0.750. The van der Waals surface area contributed by atoms with Gasteiger partial charge in [0.05, 0.1) is 6.20 Å². The highest BCUT2D eigenvalue weighted by molar-refractivity contribution is 5.84. The number of nitrogens with zero attached hydrogens (tertiary/aromatic N) is 1. The molecule has 1 rings (SSSR count). The molecule has 6 heteroatoms. The summed E-state index contributed by atoms with van der Waals surface area (Å²) in [5.41, 5.74) is 0.399. The van der Waals surface area contributed by atoms with E-state index in [9.17, 15) is 4.79 Å². The minimum Gasteiger partial charge on any atom is -0.444 e. The van der Waals surface area contributed by atoms with Gasteiger partial charge in [0.25, 0.3) is 0 Å². The van der Waals surface area contributed by atoms with E-state index in [1.165, 1.54) is 6.42 Å². The topological polar surface area (TPSA) is 79.0 Å². The van der Waals surface area contributed by atoms with Crippen molar-refractivity contribution >= 4 is 11.9 Å². The van der Waals surface area contributed by atoms with Gasteiger partial charge < -0.3 is 10.1 Å².